The highest BCUT2D eigenvalue weighted by atomic mass is 127. The molecule has 3 heterocycles. The predicted molar refractivity (Wildman–Crippen MR) is 177 cm³/mol. The number of halogens is 4. The Morgan fingerprint density at radius 1 is 0.913 bits per heavy atom. The largest absolute Gasteiger partial charge is 0.424 e. The van der Waals surface area contributed by atoms with Gasteiger partial charge in [0.25, 0.3) is 0 Å². The third kappa shape index (κ3) is 7.01. The van der Waals surface area contributed by atoms with E-state index >= 15 is 0 Å². The Balaban J connectivity index is 1.13. The lowest BCUT2D eigenvalue weighted by Crippen LogP contribution is -2.20. The van der Waals surface area contributed by atoms with E-state index in [2.05, 4.69) is 58.6 Å². The summed E-state index contributed by atoms with van der Waals surface area (Å²) in [6.45, 7) is 2.75. The fourth-order valence-corrected chi connectivity index (χ4v) is 5.15. The molecule has 0 unspecified atom stereocenters. The van der Waals surface area contributed by atoms with Crippen LogP contribution in [0.3, 0.4) is 0 Å². The first-order valence-electron chi connectivity index (χ1n) is 13.9. The molecule has 6 aromatic rings. The third-order valence-corrected chi connectivity index (χ3v) is 7.39. The van der Waals surface area contributed by atoms with E-state index in [4.69, 9.17) is 4.74 Å². The summed E-state index contributed by atoms with van der Waals surface area (Å²) in [5.41, 5.74) is 2.86. The first-order chi connectivity index (χ1) is 22.2. The zero-order chi connectivity index (χ0) is 32.3. The number of hydrogen-bond acceptors (Lipinski definition) is 7. The van der Waals surface area contributed by atoms with Crippen LogP contribution in [0.4, 0.5) is 35.2 Å². The number of benzene rings is 3. The van der Waals surface area contributed by atoms with Gasteiger partial charge in [0.15, 0.2) is 5.65 Å². The summed E-state index contributed by atoms with van der Waals surface area (Å²) in [6.07, 6.45) is 1.66. The maximum absolute atomic E-state index is 13.5. The number of nitrogens with zero attached hydrogens (tertiary/aromatic N) is 5. The molecule has 2 amide bonds. The van der Waals surface area contributed by atoms with E-state index < -0.39 is 17.8 Å². The molecular weight excluding hydrogens is 712 g/mol. The number of fused-ring (bicyclic) bond motifs is 1. The van der Waals surface area contributed by atoms with E-state index in [-0.39, 0.29) is 17.4 Å². The average molecular weight is 736 g/mol. The van der Waals surface area contributed by atoms with Crippen molar-refractivity contribution < 1.29 is 22.7 Å². The van der Waals surface area contributed by atoms with Gasteiger partial charge in [-0.3, -0.25) is 0 Å². The molecule has 0 fully saturated rings. The van der Waals surface area contributed by atoms with E-state index in [1.165, 1.54) is 18.5 Å². The molecule has 0 spiro atoms. The summed E-state index contributed by atoms with van der Waals surface area (Å²) in [5.74, 6) is 1.24. The van der Waals surface area contributed by atoms with Gasteiger partial charge in [-0.1, -0.05) is 30.3 Å². The second kappa shape index (κ2) is 13.0. The van der Waals surface area contributed by atoms with Gasteiger partial charge in [0.05, 0.1) is 35.5 Å². The maximum atomic E-state index is 13.5. The van der Waals surface area contributed by atoms with Crippen molar-refractivity contribution in [2.24, 2.45) is 0 Å². The van der Waals surface area contributed by atoms with Crippen molar-refractivity contribution in [1.29, 1.82) is 0 Å². The van der Waals surface area contributed by atoms with Crippen molar-refractivity contribution in [2.75, 3.05) is 22.5 Å². The van der Waals surface area contributed by atoms with Gasteiger partial charge in [-0.05, 0) is 83.1 Å². The summed E-state index contributed by atoms with van der Waals surface area (Å²) in [4.78, 5) is 25.7. The zero-order valence-electron chi connectivity index (χ0n) is 24.0. The smallest absolute Gasteiger partial charge is 0.416 e. The van der Waals surface area contributed by atoms with Crippen LogP contribution in [-0.2, 0) is 6.18 Å². The maximum Gasteiger partial charge on any atom is 0.416 e. The van der Waals surface area contributed by atoms with Gasteiger partial charge in [-0.2, -0.15) is 18.3 Å². The minimum Gasteiger partial charge on any atom is -0.424 e. The van der Waals surface area contributed by atoms with Crippen LogP contribution >= 0.6 is 22.6 Å². The van der Waals surface area contributed by atoms with Gasteiger partial charge in [0, 0.05) is 27.4 Å². The Kier molecular flexibility index (Phi) is 8.70. The predicted octanol–water partition coefficient (Wildman–Crippen LogP) is 8.34. The number of hydrogen-bond donors (Lipinski definition) is 3. The molecule has 3 N–H and O–H groups in total. The highest BCUT2D eigenvalue weighted by Gasteiger charge is 2.31. The lowest BCUT2D eigenvalue weighted by Gasteiger charge is -2.15. The number of aromatic nitrogens is 5. The number of alkyl halides is 3. The lowest BCUT2D eigenvalue weighted by atomic mass is 10.0. The fraction of sp³-hybridized carbons (Fsp3) is 0.0938. The topological polar surface area (TPSA) is 118 Å². The molecule has 10 nitrogen and oxygen atoms in total. The molecule has 46 heavy (non-hydrogen) atoms. The molecular formula is C32H24F3IN8O2. The average Bonchev–Trinajstić information content (AvgIpc) is 3.45. The van der Waals surface area contributed by atoms with Crippen LogP contribution in [0.1, 0.15) is 12.5 Å². The van der Waals surface area contributed by atoms with Crippen molar-refractivity contribution in [2.45, 2.75) is 13.1 Å². The second-order valence-electron chi connectivity index (χ2n) is 9.90. The molecule has 0 aliphatic rings. The molecule has 0 aliphatic heterocycles. The number of urea groups is 1. The van der Waals surface area contributed by atoms with E-state index in [0.29, 0.717) is 22.5 Å². The minimum absolute atomic E-state index is 0.00314. The van der Waals surface area contributed by atoms with Crippen molar-refractivity contribution >= 4 is 51.5 Å². The summed E-state index contributed by atoms with van der Waals surface area (Å²) < 4.78 is 48.7. The summed E-state index contributed by atoms with van der Waals surface area (Å²) >= 11 is 2.11. The third-order valence-electron chi connectivity index (χ3n) is 6.72. The van der Waals surface area contributed by atoms with Gasteiger partial charge in [-0.15, -0.1) is 0 Å². The first kappa shape index (κ1) is 30.8. The highest BCUT2D eigenvalue weighted by Crippen LogP contribution is 2.36. The van der Waals surface area contributed by atoms with Crippen molar-refractivity contribution in [3.63, 3.8) is 0 Å². The molecule has 14 heteroatoms. The number of anilines is 3. The quantitative estimate of drug-likeness (QED) is 0.135. The lowest BCUT2D eigenvalue weighted by molar-refractivity contribution is -0.137. The standard InChI is InChI=1S/C32H24F3IN8O2/c1-2-37-28-12-13-44-29(43-28)26(18-40-44)19-6-9-24(10-7-19)46-31-38-16-23(17-39-31)41-30(45)42-27-15-21(32(33,34)35)8-11-25(27)20-4-3-5-22(36)14-20/h3-18H,2H2,1H3,(H,37,43)(H2,41,42,45). The fourth-order valence-electron chi connectivity index (χ4n) is 4.61. The van der Waals surface area contributed by atoms with E-state index in [1.54, 1.807) is 35.0 Å². The van der Waals surface area contributed by atoms with Crippen LogP contribution in [0, 0.1) is 3.57 Å². The SMILES string of the molecule is CCNc1ccn2ncc(-c3ccc(Oc4ncc(NC(=O)Nc5cc(C(F)(F)F)ccc5-c5cccc(I)c5)cn4)cc3)c2n1. The number of rotatable bonds is 8. The van der Waals surface area contributed by atoms with Gasteiger partial charge >= 0.3 is 18.2 Å². The van der Waals surface area contributed by atoms with Crippen LogP contribution in [0.5, 0.6) is 11.8 Å². The molecule has 232 valence electrons. The number of carbonyl (C=O) groups is 1. The van der Waals surface area contributed by atoms with E-state index in [1.807, 2.05) is 43.5 Å². The van der Waals surface area contributed by atoms with Crippen molar-refractivity contribution in [1.82, 2.24) is 24.6 Å². The molecule has 3 aromatic heterocycles. The Morgan fingerprint density at radius 2 is 1.70 bits per heavy atom. The Hall–Kier alpha value is -5.25. The molecule has 0 atom stereocenters. The number of nitrogens with one attached hydrogen (secondary N) is 3. The molecule has 6 rings (SSSR count). The molecule has 0 bridgehead atoms. The molecule has 3 aromatic carbocycles. The number of amides is 2. The summed E-state index contributed by atoms with van der Waals surface area (Å²) in [6, 6.07) is 18.8. The van der Waals surface area contributed by atoms with E-state index in [0.717, 1.165) is 39.2 Å². The summed E-state index contributed by atoms with van der Waals surface area (Å²) in [7, 11) is 0. The molecule has 0 saturated heterocycles. The Labute approximate surface area is 274 Å². The van der Waals surface area contributed by atoms with Crippen molar-refractivity contribution in [3.8, 4) is 34.0 Å². The highest BCUT2D eigenvalue weighted by molar-refractivity contribution is 14.1. The number of ether oxygens (including phenoxy) is 1. The molecule has 0 saturated carbocycles. The van der Waals surface area contributed by atoms with Crippen LogP contribution in [-0.4, -0.2) is 37.1 Å². The second-order valence-corrected chi connectivity index (χ2v) is 11.1. The monoisotopic (exact) mass is 736 g/mol. The Morgan fingerprint density at radius 3 is 2.41 bits per heavy atom. The van der Waals surface area contributed by atoms with Gasteiger partial charge in [0.1, 0.15) is 11.6 Å². The summed E-state index contributed by atoms with van der Waals surface area (Å²) in [5, 5.41) is 12.6. The van der Waals surface area contributed by atoms with Crippen LogP contribution in [0.2, 0.25) is 0 Å². The van der Waals surface area contributed by atoms with Crippen molar-refractivity contribution in [3.05, 3.63) is 107 Å². The molecule has 0 aliphatic carbocycles. The first-order valence-corrected chi connectivity index (χ1v) is 15.0. The van der Waals surface area contributed by atoms with Gasteiger partial charge < -0.3 is 20.7 Å². The number of carbonyl (C=O) groups excluding carboxylic acids is 1. The van der Waals surface area contributed by atoms with Crippen LogP contribution < -0.4 is 20.7 Å². The normalized spacial score (nSPS) is 11.3. The van der Waals surface area contributed by atoms with Crippen LogP contribution in [0.25, 0.3) is 27.9 Å². The minimum atomic E-state index is -4.58. The van der Waals surface area contributed by atoms with Gasteiger partial charge in [0.2, 0.25) is 0 Å². The van der Waals surface area contributed by atoms with Crippen LogP contribution in [0.15, 0.2) is 97.6 Å². The molecule has 0 radical (unpaired) electrons. The van der Waals surface area contributed by atoms with E-state index in [9.17, 15) is 18.0 Å². The Bertz CT molecular complexity index is 2020. The zero-order valence-corrected chi connectivity index (χ0v) is 26.2. The van der Waals surface area contributed by atoms with Gasteiger partial charge in [-0.25, -0.2) is 24.3 Å².